The molecule has 0 saturated carbocycles. The molecule has 4 saturated heterocycles. The number of phenolic OH excluding ortho intramolecular Hbond substituents is 4. The van der Waals surface area contributed by atoms with Crippen LogP contribution in [0.25, 0.3) is 0 Å². The van der Waals surface area contributed by atoms with E-state index < -0.39 is 99.1 Å². The molecule has 2 spiro atoms. The first-order valence-electron chi connectivity index (χ1n) is 37.0. The van der Waals surface area contributed by atoms with E-state index in [2.05, 4.69) is 31.4 Å². The second-order valence-electron chi connectivity index (χ2n) is 30.3. The van der Waals surface area contributed by atoms with Gasteiger partial charge >= 0.3 is 23.9 Å². The van der Waals surface area contributed by atoms with Crippen LogP contribution in [0.2, 0.25) is 0 Å². The van der Waals surface area contributed by atoms with E-state index in [9.17, 15) is 50.0 Å². The second-order valence-corrected chi connectivity index (χ2v) is 32.5. The molecule has 14 aliphatic heterocycles. The molecule has 4 fully saturated rings. The number of ether oxygens (including phenoxy) is 12. The number of carbonyl (C=O) groups excluding carboxylic acids is 4. The molecule has 114 heavy (non-hydrogen) atoms. The van der Waals surface area contributed by atoms with Crippen molar-refractivity contribution < 1.29 is 134 Å². The summed E-state index contributed by atoms with van der Waals surface area (Å²) < 4.78 is 72.0. The maximum atomic E-state index is 14.7. The Hall–Kier alpha value is -9.35. The predicted molar refractivity (Wildman–Crippen MR) is 401 cm³/mol. The van der Waals surface area contributed by atoms with E-state index in [1.165, 1.54) is 65.8 Å². The maximum absolute atomic E-state index is 14.7. The van der Waals surface area contributed by atoms with Crippen LogP contribution < -0.4 is 58.0 Å². The van der Waals surface area contributed by atoms with Gasteiger partial charge in [0.1, 0.15) is 37.0 Å². The van der Waals surface area contributed by atoms with Gasteiger partial charge in [-0.2, -0.15) is 5.26 Å². The molecule has 1 radical (unpaired) electrons. The molecule has 35 heteroatoms. The molecule has 2 unspecified atom stereocenters. The Morgan fingerprint density at radius 1 is 0.588 bits per heavy atom. The number of nitrogens with one attached hydrogen (secondary N) is 2. The number of piperazine rings is 2. The SMILES string of the molecule is COc1cc2c(cc1O)CCN[C@]21CS[C@@H]2c3c(OC(C)=O)c(C)c4c(c3[C@H](COC1=O)N1C2[C@H]2c3c(cc(C)c(OC)c3O)C[C@@H]([C@@H]1C#N)N2C)OCO4.COc1cc2c(cc1O)CCN[C@]21CS[C@@H]2c3c(OC(C)=O)c(C)c4c(c3[C@H](COC1=O)N1C2[C@H]2c3c(cc(C)c(OC)c3O)C[C@@H]([C@@H]1O)N2C)OCO4.O=[N+]([O-])O.[Ag]. The van der Waals surface area contributed by atoms with Gasteiger partial charge in [0, 0.05) is 123 Å². The van der Waals surface area contributed by atoms with Gasteiger partial charge in [0.15, 0.2) is 80.1 Å². The fourth-order valence-electron chi connectivity index (χ4n) is 20.2. The Morgan fingerprint density at radius 3 is 1.40 bits per heavy atom. The number of nitrogens with zero attached hydrogens (tertiary/aromatic N) is 6. The van der Waals surface area contributed by atoms with Crippen molar-refractivity contribution in [3.8, 4) is 86.6 Å². The van der Waals surface area contributed by atoms with Crippen molar-refractivity contribution in [2.24, 2.45) is 0 Å². The molecule has 609 valence electrons. The van der Waals surface area contributed by atoms with E-state index in [1.54, 1.807) is 24.3 Å². The van der Waals surface area contributed by atoms with Gasteiger partial charge in [-0.25, -0.2) is 9.59 Å². The van der Waals surface area contributed by atoms with Gasteiger partial charge < -0.3 is 87.6 Å². The first-order chi connectivity index (χ1) is 54.1. The summed E-state index contributed by atoms with van der Waals surface area (Å²) in [5.41, 5.74) is 8.77. The number of nitriles is 1. The standard InChI is InChI=1S/C40H42N4O10S.C39H43N3O11S.Ag.HNO3/c1-17-9-21-10-23-24(13-41)44-25-14-51-39(48)40(22-12-27(49-5)26(46)11-20(22)7-8-42-40)15-55-38(32(44)31(43(23)4)28(21)33(47)34(17)50-6)30-29(25)37-36(52-16-53-37)18(2)35(30)54-19(3)45;1-16-9-20-10-22-37(46)42-23-13-50-38(47)39(21-12-25(48-5)24(44)11-19(21)7-8-40-39)14-54-36(30(42)29(41(22)4)26(20)31(45)32(16)49-6)28-27(23)35-34(51-15-52-35)17(2)33(28)53-18(3)43;;2-1(3)4/h9,11-12,23-25,31-32,38,42,46-47H,7-8,10,14-16H2,1-6H3;9,11-12,22-23,29-30,36-37,40,44-46H,7-8,10,13-15H2,1-6H3;;(H,2,3,4)/t23-,24-,25-,31+,32?,38+,40+;22-,23-,29+,30?,36+,37-,39+;;/m00../s1. The normalized spacial score (nSPS) is 28.1. The number of fused-ring (bicyclic) bond motifs is 18. The molecular weight excluding hydrogens is 1620 g/mol. The zero-order valence-electron chi connectivity index (χ0n) is 64.2. The third kappa shape index (κ3) is 12.1. The summed E-state index contributed by atoms with van der Waals surface area (Å²) in [6, 6.07) is 8.41. The van der Waals surface area contributed by atoms with Crippen LogP contribution in [-0.2, 0) is 87.8 Å². The molecule has 14 heterocycles. The van der Waals surface area contributed by atoms with E-state index in [1.807, 2.05) is 58.8 Å². The summed E-state index contributed by atoms with van der Waals surface area (Å²) in [6.07, 6.45) is 1.02. The summed E-state index contributed by atoms with van der Waals surface area (Å²) in [4.78, 5) is 72.1. The van der Waals surface area contributed by atoms with E-state index >= 15 is 0 Å². The number of hydrogen-bond donors (Lipinski definition) is 8. The Bertz CT molecular complexity index is 5090. The Balaban J connectivity index is 0.000000170. The average molecular weight is 1700 g/mol. The van der Waals surface area contributed by atoms with E-state index in [0.29, 0.717) is 140 Å². The Labute approximate surface area is 678 Å². The van der Waals surface area contributed by atoms with Crippen molar-refractivity contribution in [2.45, 2.75) is 149 Å². The van der Waals surface area contributed by atoms with Crippen LogP contribution in [0.5, 0.6) is 80.5 Å². The molecular formula is C79H86AgN8O24S2. The number of phenols is 4. The van der Waals surface area contributed by atoms with Crippen molar-refractivity contribution in [3.63, 3.8) is 0 Å². The molecule has 8 N–H and O–H groups in total. The Morgan fingerprint density at radius 2 is 0.991 bits per heavy atom. The molecule has 6 aromatic rings. The first kappa shape index (κ1) is 79.9. The fourth-order valence-corrected chi connectivity index (χ4v) is 23.6. The molecule has 32 nitrogen and oxygen atoms in total. The summed E-state index contributed by atoms with van der Waals surface area (Å²) in [6.45, 7) is 10.5. The zero-order chi connectivity index (χ0) is 80.2. The summed E-state index contributed by atoms with van der Waals surface area (Å²) in [7, 11) is 9.94. The van der Waals surface area contributed by atoms with Crippen molar-refractivity contribution in [3.05, 3.63) is 136 Å². The molecule has 0 aromatic heterocycles. The number of benzene rings is 6. The van der Waals surface area contributed by atoms with Crippen LogP contribution in [0.4, 0.5) is 0 Å². The van der Waals surface area contributed by atoms with Crippen molar-refractivity contribution in [2.75, 3.05) is 93.9 Å². The largest absolute Gasteiger partial charge is 0.504 e. The summed E-state index contributed by atoms with van der Waals surface area (Å²) >= 11 is 2.95. The molecule has 14 atom stereocenters. The number of rotatable bonds is 6. The topological polar surface area (TPSA) is 404 Å². The molecule has 0 amide bonds. The van der Waals surface area contributed by atoms with Gasteiger partial charge in [-0.05, 0) is 136 Å². The van der Waals surface area contributed by atoms with Crippen LogP contribution in [0.15, 0.2) is 36.4 Å². The molecule has 6 aromatic carbocycles. The van der Waals surface area contributed by atoms with Crippen LogP contribution in [0.1, 0.15) is 138 Å². The number of methoxy groups -OCH3 is 4. The van der Waals surface area contributed by atoms with Gasteiger partial charge in [-0.15, -0.1) is 33.6 Å². The van der Waals surface area contributed by atoms with Crippen molar-refractivity contribution in [1.82, 2.24) is 30.2 Å². The van der Waals surface area contributed by atoms with Crippen LogP contribution in [0.3, 0.4) is 0 Å². The maximum Gasteiger partial charge on any atom is 0.331 e. The number of aliphatic hydroxyl groups is 1. The van der Waals surface area contributed by atoms with E-state index in [4.69, 9.17) is 72.2 Å². The molecule has 8 bridgehead atoms. The fraction of sp³-hybridized carbons (Fsp3) is 0.481. The quantitative estimate of drug-likeness (QED) is 0.0272. The number of hydrogen-bond acceptors (Lipinski definition) is 32. The second kappa shape index (κ2) is 30.0. The minimum absolute atomic E-state index is 0. The monoisotopic (exact) mass is 1700 g/mol. The number of aryl methyl sites for hydroxylation is 2. The summed E-state index contributed by atoms with van der Waals surface area (Å²) in [5.74, 6) is 1.92. The predicted octanol–water partition coefficient (Wildman–Crippen LogP) is 7.05. The van der Waals surface area contributed by atoms with Crippen LogP contribution in [0, 0.1) is 49.1 Å². The third-order valence-corrected chi connectivity index (χ3v) is 27.6. The van der Waals surface area contributed by atoms with E-state index in [-0.39, 0.29) is 107 Å². The zero-order valence-corrected chi connectivity index (χ0v) is 67.3. The minimum atomic E-state index is -1.50. The van der Waals surface area contributed by atoms with Gasteiger partial charge in [0.05, 0.1) is 75.2 Å². The van der Waals surface area contributed by atoms with Gasteiger partial charge in [0.25, 0.3) is 5.09 Å². The minimum Gasteiger partial charge on any atom is -0.504 e. The van der Waals surface area contributed by atoms with Crippen LogP contribution in [-0.4, -0.2) is 210 Å². The van der Waals surface area contributed by atoms with Crippen molar-refractivity contribution in [1.29, 1.82) is 5.26 Å². The first-order valence-corrected chi connectivity index (χ1v) is 39.0. The number of esters is 4. The average Bonchev–Trinajstić information content (AvgIpc) is 1.00. The van der Waals surface area contributed by atoms with Gasteiger partial charge in [-0.1, -0.05) is 12.1 Å². The van der Waals surface area contributed by atoms with E-state index in [0.717, 1.165) is 33.4 Å². The number of aromatic hydroxyl groups is 4. The number of carbonyl (C=O) groups is 4. The van der Waals surface area contributed by atoms with Gasteiger partial charge in [-0.3, -0.25) is 39.8 Å². The summed E-state index contributed by atoms with van der Waals surface area (Å²) in [5, 5.41) is 88.7. The van der Waals surface area contributed by atoms with Crippen LogP contribution >= 0.6 is 23.5 Å². The number of aliphatic hydroxyl groups excluding tert-OH is 1. The third-order valence-electron chi connectivity index (χ3n) is 24.7. The molecule has 14 aliphatic rings. The number of likely N-dealkylation sites (N-methyl/N-ethyl adjacent to an activating group) is 2. The smallest absolute Gasteiger partial charge is 0.331 e. The Kier molecular flexibility index (Phi) is 21.1. The van der Waals surface area contributed by atoms with Gasteiger partial charge in [0.2, 0.25) is 13.6 Å². The molecule has 20 rings (SSSR count). The molecule has 0 aliphatic carbocycles. The van der Waals surface area contributed by atoms with Crippen molar-refractivity contribution >= 4 is 47.4 Å². The number of thioether (sulfide) groups is 2.